The molecule has 20 heavy (non-hydrogen) atoms. The number of likely N-dealkylation sites (N-methyl/N-ethyl adjacent to an activating group) is 1. The molecule has 1 aliphatic rings. The molecule has 0 saturated carbocycles. The molecular formula is C15H24N4O. The molecule has 0 aromatic carbocycles. The minimum atomic E-state index is -0.430. The fraction of sp³-hybridized carbons (Fsp3) is 0.600. The highest BCUT2D eigenvalue weighted by atomic mass is 16.1. The van der Waals surface area contributed by atoms with Crippen LogP contribution in [0.15, 0.2) is 18.3 Å². The molecule has 2 heterocycles. The lowest BCUT2D eigenvalue weighted by molar-refractivity contribution is 0.1000. The number of aromatic nitrogens is 1. The van der Waals surface area contributed by atoms with Gasteiger partial charge in [0.05, 0.1) is 5.56 Å². The van der Waals surface area contributed by atoms with Crippen molar-refractivity contribution in [2.24, 2.45) is 5.73 Å². The summed E-state index contributed by atoms with van der Waals surface area (Å²) in [5.41, 5.74) is 5.72. The van der Waals surface area contributed by atoms with Crippen LogP contribution in [0, 0.1) is 0 Å². The molecule has 1 amide bonds. The first-order valence-corrected chi connectivity index (χ1v) is 7.39. The number of pyridine rings is 1. The van der Waals surface area contributed by atoms with Gasteiger partial charge in [0, 0.05) is 24.8 Å². The predicted molar refractivity (Wildman–Crippen MR) is 80.9 cm³/mol. The number of piperidine rings is 1. The summed E-state index contributed by atoms with van der Waals surface area (Å²) in [5.74, 6) is 0.504. The molecule has 2 unspecified atom stereocenters. The third-order valence-electron chi connectivity index (χ3n) is 3.98. The summed E-state index contributed by atoms with van der Waals surface area (Å²) < 4.78 is 0. The summed E-state index contributed by atoms with van der Waals surface area (Å²) >= 11 is 0. The molecule has 0 radical (unpaired) electrons. The maximum Gasteiger partial charge on any atom is 0.250 e. The number of carbonyl (C=O) groups is 1. The Morgan fingerprint density at radius 3 is 2.95 bits per heavy atom. The number of primary amides is 1. The number of anilines is 1. The molecule has 5 heteroatoms. The zero-order chi connectivity index (χ0) is 14.5. The van der Waals surface area contributed by atoms with Crippen molar-refractivity contribution in [3.05, 3.63) is 23.9 Å². The summed E-state index contributed by atoms with van der Waals surface area (Å²) in [6.07, 6.45) is 5.19. The number of rotatable bonds is 5. The average Bonchev–Trinajstić information content (AvgIpc) is 2.47. The molecule has 1 aliphatic heterocycles. The summed E-state index contributed by atoms with van der Waals surface area (Å²) in [6, 6.07) is 4.54. The van der Waals surface area contributed by atoms with Crippen molar-refractivity contribution in [2.75, 3.05) is 18.0 Å². The van der Waals surface area contributed by atoms with E-state index in [0.29, 0.717) is 17.6 Å². The van der Waals surface area contributed by atoms with E-state index in [1.165, 1.54) is 19.3 Å². The maximum absolute atomic E-state index is 11.1. The van der Waals surface area contributed by atoms with Gasteiger partial charge in [0.1, 0.15) is 5.82 Å². The van der Waals surface area contributed by atoms with Crippen LogP contribution < -0.4 is 16.0 Å². The van der Waals surface area contributed by atoms with E-state index in [1.54, 1.807) is 12.3 Å². The third-order valence-corrected chi connectivity index (χ3v) is 3.98. The van der Waals surface area contributed by atoms with Crippen LogP contribution in [0.2, 0.25) is 0 Å². The molecule has 2 rings (SSSR count). The van der Waals surface area contributed by atoms with Gasteiger partial charge in [0.15, 0.2) is 0 Å². The van der Waals surface area contributed by atoms with Crippen molar-refractivity contribution in [1.82, 2.24) is 10.3 Å². The Kier molecular flexibility index (Phi) is 4.95. The van der Waals surface area contributed by atoms with Gasteiger partial charge in [-0.1, -0.05) is 6.92 Å². The minimum Gasteiger partial charge on any atom is -0.366 e. The Hall–Kier alpha value is -1.62. The van der Waals surface area contributed by atoms with Gasteiger partial charge in [-0.3, -0.25) is 4.79 Å². The van der Waals surface area contributed by atoms with Crippen molar-refractivity contribution in [2.45, 2.75) is 45.2 Å². The number of nitrogens with two attached hydrogens (primary N) is 1. The largest absolute Gasteiger partial charge is 0.366 e. The van der Waals surface area contributed by atoms with E-state index in [2.05, 4.69) is 29.0 Å². The first-order chi connectivity index (χ1) is 9.63. The van der Waals surface area contributed by atoms with Gasteiger partial charge in [-0.2, -0.15) is 0 Å². The summed E-state index contributed by atoms with van der Waals surface area (Å²) in [4.78, 5) is 17.9. The average molecular weight is 276 g/mol. The van der Waals surface area contributed by atoms with E-state index < -0.39 is 5.91 Å². The standard InChI is InChI=1S/C15H24N4O/c1-3-17-11(2)13-6-4-5-9-19(13)14-8-7-12(10-18-14)15(16)20/h7-8,10-11,13,17H,3-6,9H2,1-2H3,(H2,16,20). The highest BCUT2D eigenvalue weighted by Gasteiger charge is 2.27. The minimum absolute atomic E-state index is 0.429. The number of nitrogens with zero attached hydrogens (tertiary/aromatic N) is 2. The third kappa shape index (κ3) is 3.28. The molecule has 0 bridgehead atoms. The van der Waals surface area contributed by atoms with Gasteiger partial charge >= 0.3 is 0 Å². The monoisotopic (exact) mass is 276 g/mol. The SMILES string of the molecule is CCNC(C)C1CCCCN1c1ccc(C(N)=O)cn1. The normalized spacial score (nSPS) is 20.7. The molecule has 5 nitrogen and oxygen atoms in total. The van der Waals surface area contributed by atoms with E-state index in [-0.39, 0.29) is 0 Å². The number of nitrogens with one attached hydrogen (secondary N) is 1. The second-order valence-corrected chi connectivity index (χ2v) is 5.37. The maximum atomic E-state index is 11.1. The van der Waals surface area contributed by atoms with Crippen molar-refractivity contribution in [1.29, 1.82) is 0 Å². The quantitative estimate of drug-likeness (QED) is 0.855. The molecule has 1 saturated heterocycles. The van der Waals surface area contributed by atoms with E-state index >= 15 is 0 Å². The molecule has 1 aromatic heterocycles. The summed E-state index contributed by atoms with van der Waals surface area (Å²) in [7, 11) is 0. The molecule has 1 aromatic rings. The van der Waals surface area contributed by atoms with Crippen LogP contribution in [0.3, 0.4) is 0 Å². The van der Waals surface area contributed by atoms with Gasteiger partial charge in [0.2, 0.25) is 5.91 Å². The lowest BCUT2D eigenvalue weighted by atomic mass is 9.96. The Morgan fingerprint density at radius 2 is 2.35 bits per heavy atom. The second kappa shape index (κ2) is 6.70. The zero-order valence-electron chi connectivity index (χ0n) is 12.3. The van der Waals surface area contributed by atoms with Crippen molar-refractivity contribution in [3.63, 3.8) is 0 Å². The van der Waals surface area contributed by atoms with Gasteiger partial charge in [0.25, 0.3) is 0 Å². The smallest absolute Gasteiger partial charge is 0.250 e. The van der Waals surface area contributed by atoms with Crippen molar-refractivity contribution < 1.29 is 4.79 Å². The van der Waals surface area contributed by atoms with E-state index in [9.17, 15) is 4.79 Å². The highest BCUT2D eigenvalue weighted by molar-refractivity contribution is 5.92. The summed E-state index contributed by atoms with van der Waals surface area (Å²) in [6.45, 7) is 6.34. The number of amides is 1. The Morgan fingerprint density at radius 1 is 1.55 bits per heavy atom. The van der Waals surface area contributed by atoms with Gasteiger partial charge in [-0.05, 0) is 44.9 Å². The molecule has 1 fully saturated rings. The van der Waals surface area contributed by atoms with Gasteiger partial charge < -0.3 is 16.0 Å². The zero-order valence-corrected chi connectivity index (χ0v) is 12.3. The lowest BCUT2D eigenvalue weighted by Gasteiger charge is -2.40. The number of hydrogen-bond acceptors (Lipinski definition) is 4. The van der Waals surface area contributed by atoms with Crippen LogP contribution in [-0.4, -0.2) is 36.1 Å². The number of carbonyl (C=O) groups excluding carboxylic acids is 1. The topological polar surface area (TPSA) is 71.2 Å². The Balaban J connectivity index is 2.16. The molecule has 3 N–H and O–H groups in total. The molecular weight excluding hydrogens is 252 g/mol. The second-order valence-electron chi connectivity index (χ2n) is 5.37. The van der Waals surface area contributed by atoms with E-state index in [1.807, 2.05) is 6.07 Å². The van der Waals surface area contributed by atoms with E-state index in [0.717, 1.165) is 18.9 Å². The highest BCUT2D eigenvalue weighted by Crippen LogP contribution is 2.25. The van der Waals surface area contributed by atoms with Crippen LogP contribution in [0.1, 0.15) is 43.5 Å². The molecule has 0 aliphatic carbocycles. The van der Waals surface area contributed by atoms with Gasteiger partial charge in [-0.15, -0.1) is 0 Å². The van der Waals surface area contributed by atoms with Crippen LogP contribution >= 0.6 is 0 Å². The number of hydrogen-bond donors (Lipinski definition) is 2. The van der Waals surface area contributed by atoms with Crippen LogP contribution in [0.5, 0.6) is 0 Å². The Labute approximate surface area is 120 Å². The first kappa shape index (κ1) is 14.8. The van der Waals surface area contributed by atoms with Crippen LogP contribution in [-0.2, 0) is 0 Å². The van der Waals surface area contributed by atoms with E-state index in [4.69, 9.17) is 5.73 Å². The van der Waals surface area contributed by atoms with Crippen LogP contribution in [0.4, 0.5) is 5.82 Å². The fourth-order valence-corrected chi connectivity index (χ4v) is 2.92. The fourth-order valence-electron chi connectivity index (χ4n) is 2.92. The van der Waals surface area contributed by atoms with Gasteiger partial charge in [-0.25, -0.2) is 4.98 Å². The summed E-state index contributed by atoms with van der Waals surface area (Å²) in [5, 5.41) is 3.50. The first-order valence-electron chi connectivity index (χ1n) is 7.39. The molecule has 110 valence electrons. The van der Waals surface area contributed by atoms with Crippen molar-refractivity contribution >= 4 is 11.7 Å². The van der Waals surface area contributed by atoms with Crippen LogP contribution in [0.25, 0.3) is 0 Å². The molecule has 2 atom stereocenters. The predicted octanol–water partition coefficient (Wildman–Crippen LogP) is 1.54. The molecule has 0 spiro atoms. The Bertz CT molecular complexity index is 446. The van der Waals surface area contributed by atoms with Crippen molar-refractivity contribution in [3.8, 4) is 0 Å². The lowest BCUT2D eigenvalue weighted by Crippen LogP contribution is -2.51.